The molecule has 3 rings (SSSR count). The van der Waals surface area contributed by atoms with Crippen LogP contribution in [0, 0.1) is 0 Å². The molecule has 1 fully saturated rings. The summed E-state index contributed by atoms with van der Waals surface area (Å²) in [6.07, 6.45) is 1.94. The quantitative estimate of drug-likeness (QED) is 0.796. The molecular weight excluding hydrogens is 212 g/mol. The molecule has 0 aliphatic carbocycles. The number of hydrogen-bond donors (Lipinski definition) is 2. The van der Waals surface area contributed by atoms with Gasteiger partial charge in [0.25, 0.3) is 0 Å². The Bertz CT molecular complexity index is 394. The molecular formula is C14H20N2O. The van der Waals surface area contributed by atoms with E-state index >= 15 is 0 Å². The van der Waals surface area contributed by atoms with Gasteiger partial charge in [-0.3, -0.25) is 4.90 Å². The van der Waals surface area contributed by atoms with Gasteiger partial charge in [-0.25, -0.2) is 0 Å². The van der Waals surface area contributed by atoms with E-state index in [-0.39, 0.29) is 6.10 Å². The Balaban J connectivity index is 1.72. The molecule has 1 aromatic rings. The number of hydrogen-bond acceptors (Lipinski definition) is 3. The third kappa shape index (κ3) is 2.37. The Morgan fingerprint density at radius 1 is 1.35 bits per heavy atom. The minimum Gasteiger partial charge on any atom is -0.392 e. The third-order valence-corrected chi connectivity index (χ3v) is 3.90. The molecule has 17 heavy (non-hydrogen) atoms. The fraction of sp³-hybridized carbons (Fsp3) is 0.571. The monoisotopic (exact) mass is 232 g/mol. The minimum atomic E-state index is -0.117. The van der Waals surface area contributed by atoms with Gasteiger partial charge in [-0.15, -0.1) is 0 Å². The van der Waals surface area contributed by atoms with Crippen LogP contribution in [-0.4, -0.2) is 42.3 Å². The predicted octanol–water partition coefficient (Wildman–Crippen LogP) is 0.940. The van der Waals surface area contributed by atoms with Crippen LogP contribution in [0.4, 0.5) is 0 Å². The van der Waals surface area contributed by atoms with Crippen molar-refractivity contribution >= 4 is 0 Å². The molecule has 3 heteroatoms. The van der Waals surface area contributed by atoms with Crippen molar-refractivity contribution in [1.82, 2.24) is 10.2 Å². The second kappa shape index (κ2) is 4.77. The van der Waals surface area contributed by atoms with Crippen molar-refractivity contribution in [2.45, 2.75) is 25.0 Å². The Morgan fingerprint density at radius 2 is 2.24 bits per heavy atom. The molecule has 3 nitrogen and oxygen atoms in total. The zero-order valence-electron chi connectivity index (χ0n) is 10.1. The van der Waals surface area contributed by atoms with Crippen molar-refractivity contribution in [3.05, 3.63) is 35.4 Å². The highest BCUT2D eigenvalue weighted by Gasteiger charge is 2.25. The van der Waals surface area contributed by atoms with Crippen LogP contribution in [0.3, 0.4) is 0 Å². The largest absolute Gasteiger partial charge is 0.392 e. The van der Waals surface area contributed by atoms with Gasteiger partial charge in [0.2, 0.25) is 0 Å². The van der Waals surface area contributed by atoms with Crippen molar-refractivity contribution in [2.75, 3.05) is 26.2 Å². The molecule has 2 aliphatic rings. The number of likely N-dealkylation sites (tertiary alicyclic amines) is 1. The SMILES string of the molecule is OC1CCN(CC2NCCc3ccccc32)C1. The summed E-state index contributed by atoms with van der Waals surface area (Å²) in [7, 11) is 0. The third-order valence-electron chi connectivity index (χ3n) is 3.90. The molecule has 2 N–H and O–H groups in total. The van der Waals surface area contributed by atoms with Crippen molar-refractivity contribution in [3.63, 3.8) is 0 Å². The Hall–Kier alpha value is -0.900. The summed E-state index contributed by atoms with van der Waals surface area (Å²) in [5.74, 6) is 0. The van der Waals surface area contributed by atoms with Gasteiger partial charge in [0.15, 0.2) is 0 Å². The molecule has 0 spiro atoms. The summed E-state index contributed by atoms with van der Waals surface area (Å²) in [6, 6.07) is 9.16. The van der Waals surface area contributed by atoms with Crippen molar-refractivity contribution in [1.29, 1.82) is 0 Å². The molecule has 1 aromatic carbocycles. The van der Waals surface area contributed by atoms with Gasteiger partial charge in [0.1, 0.15) is 0 Å². The zero-order chi connectivity index (χ0) is 11.7. The van der Waals surface area contributed by atoms with E-state index in [0.717, 1.165) is 39.0 Å². The number of benzene rings is 1. The number of nitrogens with zero attached hydrogens (tertiary/aromatic N) is 1. The average molecular weight is 232 g/mol. The molecule has 92 valence electrons. The zero-order valence-corrected chi connectivity index (χ0v) is 10.1. The minimum absolute atomic E-state index is 0.117. The first kappa shape index (κ1) is 11.2. The van der Waals surface area contributed by atoms with E-state index in [4.69, 9.17) is 0 Å². The summed E-state index contributed by atoms with van der Waals surface area (Å²) in [4.78, 5) is 2.37. The summed E-state index contributed by atoms with van der Waals surface area (Å²) in [6.45, 7) is 3.95. The van der Waals surface area contributed by atoms with E-state index in [1.165, 1.54) is 11.1 Å². The molecule has 0 amide bonds. The fourth-order valence-electron chi connectivity index (χ4n) is 2.99. The first-order valence-corrected chi connectivity index (χ1v) is 6.54. The lowest BCUT2D eigenvalue weighted by Crippen LogP contribution is -2.38. The molecule has 0 saturated carbocycles. The number of β-amino-alcohol motifs (C(OH)–C–C–N with tert-alkyl or cyclic N) is 1. The van der Waals surface area contributed by atoms with Gasteiger partial charge >= 0.3 is 0 Å². The number of aliphatic hydroxyl groups excluding tert-OH is 1. The van der Waals surface area contributed by atoms with E-state index in [0.29, 0.717) is 6.04 Å². The highest BCUT2D eigenvalue weighted by Crippen LogP contribution is 2.24. The smallest absolute Gasteiger partial charge is 0.0679 e. The maximum Gasteiger partial charge on any atom is 0.0679 e. The van der Waals surface area contributed by atoms with E-state index < -0.39 is 0 Å². The standard InChI is InChI=1S/C14H20N2O/c17-12-6-8-16(9-12)10-14-13-4-2-1-3-11(13)5-7-15-14/h1-4,12,14-15,17H,5-10H2. The fourth-order valence-corrected chi connectivity index (χ4v) is 2.99. The van der Waals surface area contributed by atoms with Gasteiger partial charge in [-0.05, 0) is 30.5 Å². The first-order valence-electron chi connectivity index (χ1n) is 6.54. The van der Waals surface area contributed by atoms with Crippen LogP contribution in [0.1, 0.15) is 23.6 Å². The summed E-state index contributed by atoms with van der Waals surface area (Å²) < 4.78 is 0. The number of fused-ring (bicyclic) bond motifs is 1. The lowest BCUT2D eigenvalue weighted by atomic mass is 9.94. The lowest BCUT2D eigenvalue weighted by molar-refractivity contribution is 0.172. The maximum absolute atomic E-state index is 9.56. The molecule has 2 atom stereocenters. The Labute approximate surface area is 102 Å². The lowest BCUT2D eigenvalue weighted by Gasteiger charge is -2.30. The Morgan fingerprint density at radius 3 is 3.06 bits per heavy atom. The van der Waals surface area contributed by atoms with Crippen LogP contribution < -0.4 is 5.32 Å². The van der Waals surface area contributed by atoms with Gasteiger partial charge in [0, 0.05) is 25.7 Å². The number of nitrogens with one attached hydrogen (secondary N) is 1. The molecule has 2 unspecified atom stereocenters. The highest BCUT2D eigenvalue weighted by molar-refractivity contribution is 5.32. The first-order chi connectivity index (χ1) is 8.33. The highest BCUT2D eigenvalue weighted by atomic mass is 16.3. The van der Waals surface area contributed by atoms with Crippen molar-refractivity contribution in [2.24, 2.45) is 0 Å². The van der Waals surface area contributed by atoms with Crippen LogP contribution >= 0.6 is 0 Å². The average Bonchev–Trinajstić information content (AvgIpc) is 2.75. The molecule has 0 bridgehead atoms. The van der Waals surface area contributed by atoms with Gasteiger partial charge in [-0.2, -0.15) is 0 Å². The molecule has 0 aromatic heterocycles. The van der Waals surface area contributed by atoms with E-state index in [1.54, 1.807) is 0 Å². The maximum atomic E-state index is 9.56. The van der Waals surface area contributed by atoms with E-state index in [2.05, 4.69) is 34.5 Å². The second-order valence-electron chi connectivity index (χ2n) is 5.16. The molecule has 2 aliphatic heterocycles. The summed E-state index contributed by atoms with van der Waals surface area (Å²) in [5, 5.41) is 13.2. The van der Waals surface area contributed by atoms with Crippen molar-refractivity contribution < 1.29 is 5.11 Å². The predicted molar refractivity (Wildman–Crippen MR) is 68.0 cm³/mol. The van der Waals surface area contributed by atoms with Crippen LogP contribution in [-0.2, 0) is 6.42 Å². The Kier molecular flexibility index (Phi) is 3.14. The van der Waals surface area contributed by atoms with E-state index in [9.17, 15) is 5.11 Å². The molecule has 2 heterocycles. The van der Waals surface area contributed by atoms with Gasteiger partial charge in [0.05, 0.1) is 6.10 Å². The topological polar surface area (TPSA) is 35.5 Å². The van der Waals surface area contributed by atoms with Gasteiger partial charge in [-0.1, -0.05) is 24.3 Å². The molecule has 0 radical (unpaired) electrons. The van der Waals surface area contributed by atoms with Gasteiger partial charge < -0.3 is 10.4 Å². The van der Waals surface area contributed by atoms with Crippen LogP contribution in [0.5, 0.6) is 0 Å². The van der Waals surface area contributed by atoms with Crippen LogP contribution in [0.2, 0.25) is 0 Å². The number of rotatable bonds is 2. The summed E-state index contributed by atoms with van der Waals surface area (Å²) in [5.41, 5.74) is 2.93. The van der Waals surface area contributed by atoms with E-state index in [1.807, 2.05) is 0 Å². The molecule has 1 saturated heterocycles. The van der Waals surface area contributed by atoms with Crippen LogP contribution in [0.15, 0.2) is 24.3 Å². The summed E-state index contributed by atoms with van der Waals surface area (Å²) >= 11 is 0. The van der Waals surface area contributed by atoms with Crippen LogP contribution in [0.25, 0.3) is 0 Å². The number of aliphatic hydroxyl groups is 1. The second-order valence-corrected chi connectivity index (χ2v) is 5.16. The van der Waals surface area contributed by atoms with Crippen molar-refractivity contribution in [3.8, 4) is 0 Å². The normalized spacial score (nSPS) is 29.2.